The van der Waals surface area contributed by atoms with Crippen molar-refractivity contribution in [3.05, 3.63) is 29.8 Å². The van der Waals surface area contributed by atoms with E-state index in [9.17, 15) is 4.79 Å². The predicted molar refractivity (Wildman–Crippen MR) is 78.9 cm³/mol. The average Bonchev–Trinajstić information content (AvgIpc) is 3.19. The molecule has 104 valence electrons. The van der Waals surface area contributed by atoms with Gasteiger partial charge in [-0.1, -0.05) is 12.1 Å². The summed E-state index contributed by atoms with van der Waals surface area (Å²) in [6.45, 7) is 7.74. The number of nitrogens with zero attached hydrogens (tertiary/aromatic N) is 1. The first-order valence-electron chi connectivity index (χ1n) is 7.10. The molecule has 0 spiro atoms. The molecule has 0 aromatic heterocycles. The molecule has 1 saturated carbocycles. The van der Waals surface area contributed by atoms with E-state index in [0.717, 1.165) is 30.3 Å². The minimum Gasteiger partial charge on any atom is -0.399 e. The Labute approximate surface area is 115 Å². The van der Waals surface area contributed by atoms with Crippen LogP contribution < -0.4 is 5.73 Å². The van der Waals surface area contributed by atoms with Crippen molar-refractivity contribution in [3.63, 3.8) is 0 Å². The summed E-state index contributed by atoms with van der Waals surface area (Å²) in [5.41, 5.74) is 6.99. The highest BCUT2D eigenvalue weighted by atomic mass is 16.2. The van der Waals surface area contributed by atoms with Gasteiger partial charge in [-0.3, -0.25) is 4.79 Å². The van der Waals surface area contributed by atoms with Gasteiger partial charge in [0.05, 0.1) is 5.41 Å². The van der Waals surface area contributed by atoms with E-state index in [-0.39, 0.29) is 5.91 Å². The summed E-state index contributed by atoms with van der Waals surface area (Å²) < 4.78 is 0. The fourth-order valence-corrected chi connectivity index (χ4v) is 2.39. The molecule has 0 aliphatic heterocycles. The number of anilines is 1. The molecule has 0 unspecified atom stereocenters. The van der Waals surface area contributed by atoms with Crippen LogP contribution in [0.4, 0.5) is 5.69 Å². The second kappa shape index (κ2) is 5.24. The number of carbonyl (C=O) groups excluding carboxylic acids is 1. The summed E-state index contributed by atoms with van der Waals surface area (Å²) in [5, 5.41) is 0. The molecule has 19 heavy (non-hydrogen) atoms. The molecule has 1 aliphatic rings. The lowest BCUT2D eigenvalue weighted by Crippen LogP contribution is -2.44. The largest absolute Gasteiger partial charge is 0.399 e. The van der Waals surface area contributed by atoms with Crippen LogP contribution in [0.1, 0.15) is 39.2 Å². The van der Waals surface area contributed by atoms with E-state index in [2.05, 4.69) is 6.92 Å². The molecule has 1 amide bonds. The zero-order valence-electron chi connectivity index (χ0n) is 12.1. The van der Waals surface area contributed by atoms with Crippen LogP contribution in [-0.4, -0.2) is 23.9 Å². The van der Waals surface area contributed by atoms with Gasteiger partial charge in [-0.15, -0.1) is 0 Å². The fourth-order valence-electron chi connectivity index (χ4n) is 2.39. The number of benzene rings is 1. The second-order valence-electron chi connectivity index (χ2n) is 6.03. The standard InChI is InChI=1S/C16H24N2O/c1-4-18(11-12-5-6-12)15(19)16(2,3)13-7-9-14(17)10-8-13/h7-10,12H,4-6,11,17H2,1-3H3. The maximum absolute atomic E-state index is 12.7. The zero-order valence-corrected chi connectivity index (χ0v) is 12.1. The first-order chi connectivity index (χ1) is 8.95. The highest BCUT2D eigenvalue weighted by molar-refractivity contribution is 5.87. The van der Waals surface area contributed by atoms with Gasteiger partial charge in [0.2, 0.25) is 5.91 Å². The van der Waals surface area contributed by atoms with Crippen LogP contribution in [-0.2, 0) is 10.2 Å². The summed E-state index contributed by atoms with van der Waals surface area (Å²) in [6.07, 6.45) is 2.54. The van der Waals surface area contributed by atoms with Gasteiger partial charge in [-0.2, -0.15) is 0 Å². The third kappa shape index (κ3) is 3.09. The Morgan fingerprint density at radius 3 is 2.37 bits per heavy atom. The lowest BCUT2D eigenvalue weighted by molar-refractivity contribution is -0.136. The number of amides is 1. The molecule has 1 aromatic rings. The van der Waals surface area contributed by atoms with Gasteiger partial charge >= 0.3 is 0 Å². The number of carbonyl (C=O) groups is 1. The van der Waals surface area contributed by atoms with Crippen LogP contribution in [0.5, 0.6) is 0 Å². The molecule has 3 nitrogen and oxygen atoms in total. The maximum atomic E-state index is 12.7. The molecule has 0 heterocycles. The van der Waals surface area contributed by atoms with Crippen LogP contribution in [0.15, 0.2) is 24.3 Å². The molecule has 1 aromatic carbocycles. The Kier molecular flexibility index (Phi) is 3.83. The van der Waals surface area contributed by atoms with Gasteiger partial charge in [0.25, 0.3) is 0 Å². The lowest BCUT2D eigenvalue weighted by atomic mass is 9.83. The van der Waals surface area contributed by atoms with Gasteiger partial charge in [0.1, 0.15) is 0 Å². The number of hydrogen-bond donors (Lipinski definition) is 1. The number of nitrogens with two attached hydrogens (primary N) is 1. The van der Waals surface area contributed by atoms with Crippen LogP contribution in [0, 0.1) is 5.92 Å². The van der Waals surface area contributed by atoms with E-state index in [1.54, 1.807) is 0 Å². The van der Waals surface area contributed by atoms with Crippen molar-refractivity contribution in [2.24, 2.45) is 5.92 Å². The molecule has 2 N–H and O–H groups in total. The fraction of sp³-hybridized carbons (Fsp3) is 0.562. The van der Waals surface area contributed by atoms with Gasteiger partial charge in [0, 0.05) is 18.8 Å². The third-order valence-electron chi connectivity index (χ3n) is 4.01. The Morgan fingerprint density at radius 1 is 1.32 bits per heavy atom. The molecule has 1 aliphatic carbocycles. The van der Waals surface area contributed by atoms with Gasteiger partial charge in [-0.25, -0.2) is 0 Å². The lowest BCUT2D eigenvalue weighted by Gasteiger charge is -2.32. The predicted octanol–water partition coefficient (Wildman–Crippen LogP) is 2.80. The Hall–Kier alpha value is -1.51. The summed E-state index contributed by atoms with van der Waals surface area (Å²) in [6, 6.07) is 7.64. The minimum absolute atomic E-state index is 0.215. The van der Waals surface area contributed by atoms with E-state index < -0.39 is 5.41 Å². The van der Waals surface area contributed by atoms with Gasteiger partial charge < -0.3 is 10.6 Å². The van der Waals surface area contributed by atoms with Crippen molar-refractivity contribution in [3.8, 4) is 0 Å². The van der Waals surface area contributed by atoms with Crippen LogP contribution in [0.3, 0.4) is 0 Å². The van der Waals surface area contributed by atoms with Crippen molar-refractivity contribution in [1.82, 2.24) is 4.90 Å². The highest BCUT2D eigenvalue weighted by Gasteiger charge is 2.35. The monoisotopic (exact) mass is 260 g/mol. The molecule has 0 bridgehead atoms. The van der Waals surface area contributed by atoms with E-state index in [4.69, 9.17) is 5.73 Å². The van der Waals surface area contributed by atoms with Crippen LogP contribution >= 0.6 is 0 Å². The number of nitrogen functional groups attached to an aromatic ring is 1. The van der Waals surface area contributed by atoms with E-state index >= 15 is 0 Å². The summed E-state index contributed by atoms with van der Waals surface area (Å²) >= 11 is 0. The van der Waals surface area contributed by atoms with Crippen molar-refractivity contribution >= 4 is 11.6 Å². The average molecular weight is 260 g/mol. The number of hydrogen-bond acceptors (Lipinski definition) is 2. The van der Waals surface area contributed by atoms with Crippen molar-refractivity contribution in [1.29, 1.82) is 0 Å². The molecule has 0 radical (unpaired) electrons. The first kappa shape index (κ1) is 13.9. The van der Waals surface area contributed by atoms with Crippen LogP contribution in [0.25, 0.3) is 0 Å². The zero-order chi connectivity index (χ0) is 14.0. The van der Waals surface area contributed by atoms with Crippen LogP contribution in [0.2, 0.25) is 0 Å². The molecule has 3 heteroatoms. The summed E-state index contributed by atoms with van der Waals surface area (Å²) in [7, 11) is 0. The molecular formula is C16H24N2O. The quantitative estimate of drug-likeness (QED) is 0.827. The number of rotatable bonds is 5. The maximum Gasteiger partial charge on any atom is 0.232 e. The third-order valence-corrected chi connectivity index (χ3v) is 4.01. The molecular weight excluding hydrogens is 236 g/mol. The molecule has 0 atom stereocenters. The molecule has 0 saturated heterocycles. The Morgan fingerprint density at radius 2 is 1.89 bits per heavy atom. The normalized spacial score (nSPS) is 15.3. The summed E-state index contributed by atoms with van der Waals surface area (Å²) in [5.74, 6) is 0.942. The van der Waals surface area contributed by atoms with Gasteiger partial charge in [0.15, 0.2) is 0 Å². The van der Waals surface area contributed by atoms with Gasteiger partial charge in [-0.05, 0) is 57.2 Å². The topological polar surface area (TPSA) is 46.3 Å². The second-order valence-corrected chi connectivity index (χ2v) is 6.03. The molecule has 1 fully saturated rings. The van der Waals surface area contributed by atoms with E-state index in [0.29, 0.717) is 0 Å². The van der Waals surface area contributed by atoms with Crippen molar-refractivity contribution in [2.75, 3.05) is 18.8 Å². The highest BCUT2D eigenvalue weighted by Crippen LogP contribution is 2.32. The van der Waals surface area contributed by atoms with E-state index in [1.165, 1.54) is 12.8 Å². The molecule has 2 rings (SSSR count). The van der Waals surface area contributed by atoms with E-state index in [1.807, 2.05) is 43.0 Å². The Bertz CT molecular complexity index is 446. The summed E-state index contributed by atoms with van der Waals surface area (Å²) in [4.78, 5) is 14.7. The first-order valence-corrected chi connectivity index (χ1v) is 7.10. The minimum atomic E-state index is -0.487. The van der Waals surface area contributed by atoms with Crippen molar-refractivity contribution < 1.29 is 4.79 Å². The van der Waals surface area contributed by atoms with Crippen molar-refractivity contribution in [2.45, 2.75) is 39.0 Å². The number of likely N-dealkylation sites (N-methyl/N-ethyl adjacent to an activating group) is 1. The smallest absolute Gasteiger partial charge is 0.232 e. The SMILES string of the molecule is CCN(CC1CC1)C(=O)C(C)(C)c1ccc(N)cc1. The Balaban J connectivity index is 2.16.